The van der Waals surface area contributed by atoms with Crippen molar-refractivity contribution < 1.29 is 13.2 Å². The van der Waals surface area contributed by atoms with Crippen LogP contribution in [-0.4, -0.2) is 30.8 Å². The van der Waals surface area contributed by atoms with E-state index in [0.29, 0.717) is 11.6 Å². The van der Waals surface area contributed by atoms with E-state index in [-0.39, 0.29) is 5.75 Å². The van der Waals surface area contributed by atoms with Gasteiger partial charge in [-0.15, -0.1) is 22.7 Å². The molecule has 0 spiro atoms. The van der Waals surface area contributed by atoms with Crippen LogP contribution in [0.1, 0.15) is 31.1 Å². The van der Waals surface area contributed by atoms with Gasteiger partial charge in [0.1, 0.15) is 5.75 Å². The van der Waals surface area contributed by atoms with Gasteiger partial charge in [0.2, 0.25) is 5.91 Å². The third-order valence-corrected chi connectivity index (χ3v) is 6.55. The lowest BCUT2D eigenvalue weighted by molar-refractivity contribution is -0.113. The molecule has 2 aromatic rings. The molecule has 0 saturated carbocycles. The molecule has 0 aliphatic heterocycles. The van der Waals surface area contributed by atoms with Crippen LogP contribution in [0.15, 0.2) is 17.5 Å². The van der Waals surface area contributed by atoms with E-state index >= 15 is 0 Å². The SMILES string of the molecule is CCCCCS(=O)(=O)CC(=O)Nc1nc(-c2ccc(C)s2)cs1. The quantitative estimate of drug-likeness (QED) is 0.717. The summed E-state index contributed by atoms with van der Waals surface area (Å²) >= 11 is 2.93. The first-order chi connectivity index (χ1) is 10.9. The minimum Gasteiger partial charge on any atom is -0.301 e. The van der Waals surface area contributed by atoms with Crippen LogP contribution < -0.4 is 5.32 Å². The number of aryl methyl sites for hydroxylation is 1. The summed E-state index contributed by atoms with van der Waals surface area (Å²) in [5.41, 5.74) is 0.800. The number of rotatable bonds is 8. The maximum atomic E-state index is 11.9. The Hall–Kier alpha value is -1.25. The molecule has 0 aliphatic carbocycles. The lowest BCUT2D eigenvalue weighted by Crippen LogP contribution is -2.24. The van der Waals surface area contributed by atoms with Gasteiger partial charge in [0, 0.05) is 10.3 Å². The van der Waals surface area contributed by atoms with Crippen molar-refractivity contribution in [1.82, 2.24) is 4.98 Å². The molecule has 8 heteroatoms. The van der Waals surface area contributed by atoms with Gasteiger partial charge >= 0.3 is 0 Å². The van der Waals surface area contributed by atoms with Gasteiger partial charge < -0.3 is 5.32 Å². The van der Waals surface area contributed by atoms with Crippen LogP contribution in [0.2, 0.25) is 0 Å². The molecule has 0 bridgehead atoms. The number of carbonyl (C=O) groups excluding carboxylic acids is 1. The average molecular weight is 373 g/mol. The number of thiophene rings is 1. The molecule has 2 heterocycles. The Balaban J connectivity index is 1.92. The summed E-state index contributed by atoms with van der Waals surface area (Å²) in [7, 11) is -3.35. The molecule has 2 aromatic heterocycles. The Labute approximate surface area is 144 Å². The Morgan fingerprint density at radius 3 is 2.74 bits per heavy atom. The van der Waals surface area contributed by atoms with E-state index in [1.165, 1.54) is 16.2 Å². The number of hydrogen-bond acceptors (Lipinski definition) is 6. The Bertz CT molecular complexity index is 763. The van der Waals surface area contributed by atoms with E-state index in [0.717, 1.165) is 23.4 Å². The second kappa shape index (κ2) is 8.03. The summed E-state index contributed by atoms with van der Waals surface area (Å²) in [5, 5.41) is 4.87. The molecule has 0 radical (unpaired) electrons. The summed E-state index contributed by atoms with van der Waals surface area (Å²) in [5.74, 6) is -0.944. The first-order valence-electron chi connectivity index (χ1n) is 7.42. The predicted octanol–water partition coefficient (Wildman–Crippen LogP) is 3.72. The van der Waals surface area contributed by atoms with Crippen LogP contribution in [0.25, 0.3) is 10.6 Å². The first-order valence-corrected chi connectivity index (χ1v) is 10.9. The van der Waals surface area contributed by atoms with Crippen LogP contribution in [-0.2, 0) is 14.6 Å². The molecule has 0 aliphatic rings. The Kier molecular flexibility index (Phi) is 6.32. The molecular weight excluding hydrogens is 352 g/mol. The number of nitrogens with one attached hydrogen (secondary N) is 1. The maximum Gasteiger partial charge on any atom is 0.241 e. The highest BCUT2D eigenvalue weighted by Crippen LogP contribution is 2.30. The predicted molar refractivity (Wildman–Crippen MR) is 97.0 cm³/mol. The number of sulfone groups is 1. The second-order valence-corrected chi connectivity index (χ2v) is 9.63. The number of anilines is 1. The van der Waals surface area contributed by atoms with Crippen molar-refractivity contribution in [1.29, 1.82) is 0 Å². The summed E-state index contributed by atoms with van der Waals surface area (Å²) in [6.07, 6.45) is 2.41. The average Bonchev–Trinajstić information content (AvgIpc) is 3.07. The summed E-state index contributed by atoms with van der Waals surface area (Å²) in [6.45, 7) is 4.03. The highest BCUT2D eigenvalue weighted by Gasteiger charge is 2.17. The molecule has 2 rings (SSSR count). The number of aromatic nitrogens is 1. The highest BCUT2D eigenvalue weighted by atomic mass is 32.2. The number of nitrogens with zero attached hydrogens (tertiary/aromatic N) is 1. The lowest BCUT2D eigenvalue weighted by Gasteiger charge is -2.03. The van der Waals surface area contributed by atoms with E-state index in [9.17, 15) is 13.2 Å². The molecule has 0 unspecified atom stereocenters. The van der Waals surface area contributed by atoms with Crippen LogP contribution in [0.3, 0.4) is 0 Å². The van der Waals surface area contributed by atoms with Gasteiger partial charge in [0.15, 0.2) is 15.0 Å². The van der Waals surface area contributed by atoms with Crippen molar-refractivity contribution in [3.8, 4) is 10.6 Å². The molecule has 5 nitrogen and oxygen atoms in total. The molecular formula is C15H20N2O3S3. The standard InChI is InChI=1S/C15H20N2O3S3/c1-3-4-5-8-23(19,20)10-14(18)17-15-16-12(9-21-15)13-7-6-11(2)22-13/h6-7,9H,3-5,8,10H2,1-2H3,(H,16,17,18). The Morgan fingerprint density at radius 1 is 1.30 bits per heavy atom. The number of thiazole rings is 1. The number of unbranched alkanes of at least 4 members (excludes halogenated alkanes) is 2. The third-order valence-electron chi connectivity index (χ3n) is 3.15. The fraction of sp³-hybridized carbons (Fsp3) is 0.467. The van der Waals surface area contributed by atoms with Gasteiger partial charge in [-0.25, -0.2) is 13.4 Å². The maximum absolute atomic E-state index is 11.9. The van der Waals surface area contributed by atoms with Gasteiger partial charge in [0.05, 0.1) is 16.3 Å². The number of hydrogen-bond donors (Lipinski definition) is 1. The van der Waals surface area contributed by atoms with Crippen molar-refractivity contribution in [2.45, 2.75) is 33.1 Å². The van der Waals surface area contributed by atoms with E-state index in [1.54, 1.807) is 11.3 Å². The van der Waals surface area contributed by atoms with E-state index < -0.39 is 21.5 Å². The van der Waals surface area contributed by atoms with Crippen LogP contribution in [0.4, 0.5) is 5.13 Å². The number of amides is 1. The summed E-state index contributed by atoms with van der Waals surface area (Å²) in [6, 6.07) is 4.00. The summed E-state index contributed by atoms with van der Waals surface area (Å²) in [4.78, 5) is 18.5. The lowest BCUT2D eigenvalue weighted by atomic mass is 10.3. The van der Waals surface area contributed by atoms with Crippen molar-refractivity contribution in [3.63, 3.8) is 0 Å². The molecule has 0 fully saturated rings. The molecule has 1 N–H and O–H groups in total. The van der Waals surface area contributed by atoms with Gasteiger partial charge in [-0.1, -0.05) is 19.8 Å². The molecule has 0 saturated heterocycles. The van der Waals surface area contributed by atoms with Crippen LogP contribution in [0, 0.1) is 6.92 Å². The Morgan fingerprint density at radius 2 is 2.09 bits per heavy atom. The fourth-order valence-electron chi connectivity index (χ4n) is 2.02. The minimum absolute atomic E-state index is 0.0614. The largest absolute Gasteiger partial charge is 0.301 e. The summed E-state index contributed by atoms with van der Waals surface area (Å²) < 4.78 is 23.7. The van der Waals surface area contributed by atoms with Crippen molar-refractivity contribution >= 4 is 43.5 Å². The molecule has 0 aromatic carbocycles. The highest BCUT2D eigenvalue weighted by molar-refractivity contribution is 7.92. The molecule has 126 valence electrons. The van der Waals surface area contributed by atoms with Crippen molar-refractivity contribution in [2.75, 3.05) is 16.8 Å². The van der Waals surface area contributed by atoms with Gasteiger partial charge in [-0.05, 0) is 25.5 Å². The zero-order chi connectivity index (χ0) is 16.9. The normalized spacial score (nSPS) is 11.6. The van der Waals surface area contributed by atoms with E-state index in [4.69, 9.17) is 0 Å². The number of carbonyl (C=O) groups is 1. The van der Waals surface area contributed by atoms with Gasteiger partial charge in [-0.2, -0.15) is 0 Å². The third kappa shape index (κ3) is 5.71. The second-order valence-electron chi connectivity index (χ2n) is 5.30. The van der Waals surface area contributed by atoms with Gasteiger partial charge in [-0.3, -0.25) is 4.79 Å². The zero-order valence-electron chi connectivity index (χ0n) is 13.2. The van der Waals surface area contributed by atoms with Crippen molar-refractivity contribution in [3.05, 3.63) is 22.4 Å². The van der Waals surface area contributed by atoms with Gasteiger partial charge in [0.25, 0.3) is 0 Å². The molecule has 23 heavy (non-hydrogen) atoms. The van der Waals surface area contributed by atoms with E-state index in [1.807, 2.05) is 31.4 Å². The fourth-order valence-corrected chi connectivity index (χ4v) is 4.91. The molecule has 1 amide bonds. The van der Waals surface area contributed by atoms with Crippen LogP contribution in [0.5, 0.6) is 0 Å². The minimum atomic E-state index is -3.35. The van der Waals surface area contributed by atoms with Crippen LogP contribution >= 0.6 is 22.7 Å². The van der Waals surface area contributed by atoms with E-state index in [2.05, 4.69) is 10.3 Å². The topological polar surface area (TPSA) is 76.1 Å². The monoisotopic (exact) mass is 372 g/mol. The molecule has 0 atom stereocenters. The first kappa shape index (κ1) is 18.1. The van der Waals surface area contributed by atoms with Crippen molar-refractivity contribution in [2.24, 2.45) is 0 Å². The smallest absolute Gasteiger partial charge is 0.241 e. The zero-order valence-corrected chi connectivity index (χ0v) is 15.6.